The molecule has 0 saturated carbocycles. The summed E-state index contributed by atoms with van der Waals surface area (Å²) in [4.78, 5) is 0. The van der Waals surface area contributed by atoms with Crippen LogP contribution in [0.15, 0.2) is 42.5 Å². The second-order valence-corrected chi connectivity index (χ2v) is 6.03. The van der Waals surface area contributed by atoms with Crippen LogP contribution in [0.25, 0.3) is 0 Å². The Kier molecular flexibility index (Phi) is 5.22. The van der Waals surface area contributed by atoms with Crippen LogP contribution in [0, 0.1) is 18.3 Å². The van der Waals surface area contributed by atoms with Crippen LogP contribution in [0.4, 0.5) is 0 Å². The van der Waals surface area contributed by atoms with Crippen LogP contribution < -0.4 is 4.74 Å². The highest BCUT2D eigenvalue weighted by atomic mass is 16.5. The zero-order valence-corrected chi connectivity index (χ0v) is 13.8. The first kappa shape index (κ1) is 16.1. The number of nitriles is 1. The first-order valence-electron chi connectivity index (χ1n) is 7.68. The highest BCUT2D eigenvalue weighted by Crippen LogP contribution is 2.30. The molecule has 2 heteroatoms. The molecule has 1 unspecified atom stereocenters. The van der Waals surface area contributed by atoms with Gasteiger partial charge in [-0.25, -0.2) is 0 Å². The van der Waals surface area contributed by atoms with Gasteiger partial charge in [0.2, 0.25) is 0 Å². The largest absolute Gasteiger partial charge is 0.496 e. The number of hydrogen-bond donors (Lipinski definition) is 0. The summed E-state index contributed by atoms with van der Waals surface area (Å²) in [6.45, 7) is 6.41. The van der Waals surface area contributed by atoms with Crippen molar-refractivity contribution < 1.29 is 4.74 Å². The van der Waals surface area contributed by atoms with Gasteiger partial charge in [-0.2, -0.15) is 5.26 Å². The number of methoxy groups -OCH3 is 1. The lowest BCUT2D eigenvalue weighted by atomic mass is 9.90. The van der Waals surface area contributed by atoms with E-state index in [1.807, 2.05) is 19.1 Å². The summed E-state index contributed by atoms with van der Waals surface area (Å²) in [7, 11) is 1.65. The fraction of sp³-hybridized carbons (Fsp3) is 0.350. The average Bonchev–Trinajstić information content (AvgIpc) is 2.53. The molecule has 0 aromatic heterocycles. The molecule has 0 spiro atoms. The van der Waals surface area contributed by atoms with Crippen molar-refractivity contribution in [2.24, 2.45) is 0 Å². The van der Waals surface area contributed by atoms with Gasteiger partial charge < -0.3 is 4.74 Å². The SMILES string of the molecule is COc1ccc(C)cc1C(C#N)Cc1ccc(C(C)C)cc1. The molecule has 2 aromatic carbocycles. The van der Waals surface area contributed by atoms with E-state index in [2.05, 4.69) is 50.2 Å². The molecule has 0 heterocycles. The first-order chi connectivity index (χ1) is 10.5. The summed E-state index contributed by atoms with van der Waals surface area (Å²) < 4.78 is 5.42. The predicted molar refractivity (Wildman–Crippen MR) is 90.3 cm³/mol. The number of nitrogens with zero attached hydrogens (tertiary/aromatic N) is 1. The lowest BCUT2D eigenvalue weighted by Crippen LogP contribution is -2.04. The molecule has 0 fully saturated rings. The molecule has 0 aliphatic rings. The molecule has 2 nitrogen and oxygen atoms in total. The van der Waals surface area contributed by atoms with Gasteiger partial charge in [-0.15, -0.1) is 0 Å². The summed E-state index contributed by atoms with van der Waals surface area (Å²) in [5, 5.41) is 9.59. The van der Waals surface area contributed by atoms with Gasteiger partial charge in [-0.05, 0) is 36.5 Å². The van der Waals surface area contributed by atoms with Gasteiger partial charge in [-0.1, -0.05) is 55.8 Å². The summed E-state index contributed by atoms with van der Waals surface area (Å²) in [6, 6.07) is 17.0. The van der Waals surface area contributed by atoms with E-state index in [-0.39, 0.29) is 5.92 Å². The van der Waals surface area contributed by atoms with Crippen molar-refractivity contribution in [1.29, 1.82) is 5.26 Å². The molecule has 0 aliphatic carbocycles. The minimum absolute atomic E-state index is 0.195. The molecule has 2 rings (SSSR count). The third kappa shape index (κ3) is 3.68. The lowest BCUT2D eigenvalue weighted by Gasteiger charge is -2.15. The van der Waals surface area contributed by atoms with Crippen LogP contribution in [0.5, 0.6) is 5.75 Å². The number of rotatable bonds is 5. The Morgan fingerprint density at radius 2 is 1.77 bits per heavy atom. The lowest BCUT2D eigenvalue weighted by molar-refractivity contribution is 0.408. The molecule has 22 heavy (non-hydrogen) atoms. The Labute approximate surface area is 133 Å². The standard InChI is InChI=1S/C20H23NO/c1-14(2)17-8-6-16(7-9-17)12-18(13-21)19-11-15(3)5-10-20(19)22-4/h5-11,14,18H,12H2,1-4H3. The van der Waals surface area contributed by atoms with E-state index < -0.39 is 0 Å². The second-order valence-electron chi connectivity index (χ2n) is 6.03. The molecule has 0 saturated heterocycles. The molecule has 2 aromatic rings. The summed E-state index contributed by atoms with van der Waals surface area (Å²) in [6.07, 6.45) is 0.703. The van der Waals surface area contributed by atoms with Crippen molar-refractivity contribution in [2.75, 3.05) is 7.11 Å². The molecule has 0 N–H and O–H groups in total. The van der Waals surface area contributed by atoms with Gasteiger partial charge in [-0.3, -0.25) is 0 Å². The van der Waals surface area contributed by atoms with Crippen LogP contribution >= 0.6 is 0 Å². The summed E-state index contributed by atoms with van der Waals surface area (Å²) in [5.74, 6) is 1.12. The van der Waals surface area contributed by atoms with Gasteiger partial charge >= 0.3 is 0 Å². The van der Waals surface area contributed by atoms with Crippen LogP contribution in [-0.4, -0.2) is 7.11 Å². The highest BCUT2D eigenvalue weighted by molar-refractivity contribution is 5.43. The summed E-state index contributed by atoms with van der Waals surface area (Å²) in [5.41, 5.74) is 4.62. The zero-order valence-electron chi connectivity index (χ0n) is 13.8. The molecular formula is C20H23NO. The topological polar surface area (TPSA) is 33.0 Å². The number of ether oxygens (including phenoxy) is 1. The van der Waals surface area contributed by atoms with E-state index in [1.165, 1.54) is 11.1 Å². The van der Waals surface area contributed by atoms with Crippen molar-refractivity contribution in [2.45, 2.75) is 39.0 Å². The van der Waals surface area contributed by atoms with Crippen LogP contribution in [0.2, 0.25) is 0 Å². The molecular weight excluding hydrogens is 270 g/mol. The zero-order chi connectivity index (χ0) is 16.1. The van der Waals surface area contributed by atoms with E-state index >= 15 is 0 Å². The minimum Gasteiger partial charge on any atom is -0.496 e. The van der Waals surface area contributed by atoms with E-state index in [0.29, 0.717) is 12.3 Å². The van der Waals surface area contributed by atoms with Gasteiger partial charge in [0.1, 0.15) is 5.75 Å². The fourth-order valence-corrected chi connectivity index (χ4v) is 2.63. The monoisotopic (exact) mass is 293 g/mol. The predicted octanol–water partition coefficient (Wildman–Crippen LogP) is 4.98. The van der Waals surface area contributed by atoms with E-state index in [4.69, 9.17) is 4.74 Å². The maximum absolute atomic E-state index is 9.59. The van der Waals surface area contributed by atoms with Crippen molar-refractivity contribution in [3.05, 3.63) is 64.7 Å². The second kappa shape index (κ2) is 7.13. The molecule has 0 radical (unpaired) electrons. The number of aryl methyl sites for hydroxylation is 1. The first-order valence-corrected chi connectivity index (χ1v) is 7.68. The maximum Gasteiger partial charge on any atom is 0.123 e. The fourth-order valence-electron chi connectivity index (χ4n) is 2.63. The van der Waals surface area contributed by atoms with Crippen LogP contribution in [0.1, 0.15) is 47.9 Å². The Morgan fingerprint density at radius 3 is 2.32 bits per heavy atom. The van der Waals surface area contributed by atoms with Gasteiger partial charge in [0.15, 0.2) is 0 Å². The minimum atomic E-state index is -0.195. The van der Waals surface area contributed by atoms with E-state index in [9.17, 15) is 5.26 Å². The molecule has 0 bridgehead atoms. The van der Waals surface area contributed by atoms with Gasteiger partial charge in [0.05, 0.1) is 19.1 Å². The quantitative estimate of drug-likeness (QED) is 0.779. The van der Waals surface area contributed by atoms with Crippen molar-refractivity contribution in [3.63, 3.8) is 0 Å². The normalized spacial score (nSPS) is 12.0. The average molecular weight is 293 g/mol. The Hall–Kier alpha value is -2.27. The van der Waals surface area contributed by atoms with Crippen LogP contribution in [-0.2, 0) is 6.42 Å². The van der Waals surface area contributed by atoms with Crippen molar-refractivity contribution in [1.82, 2.24) is 0 Å². The number of hydrogen-bond acceptors (Lipinski definition) is 2. The van der Waals surface area contributed by atoms with Gasteiger partial charge in [0.25, 0.3) is 0 Å². The Balaban J connectivity index is 2.26. The third-order valence-corrected chi connectivity index (χ3v) is 4.00. The molecule has 1 atom stereocenters. The van der Waals surface area contributed by atoms with E-state index in [1.54, 1.807) is 7.11 Å². The Morgan fingerprint density at radius 1 is 1.09 bits per heavy atom. The molecule has 0 amide bonds. The van der Waals surface area contributed by atoms with E-state index in [0.717, 1.165) is 16.9 Å². The van der Waals surface area contributed by atoms with Crippen LogP contribution in [0.3, 0.4) is 0 Å². The Bertz CT molecular complexity index is 665. The third-order valence-electron chi connectivity index (χ3n) is 4.00. The smallest absolute Gasteiger partial charge is 0.123 e. The highest BCUT2D eigenvalue weighted by Gasteiger charge is 2.16. The van der Waals surface area contributed by atoms with Gasteiger partial charge in [0, 0.05) is 5.56 Å². The maximum atomic E-state index is 9.59. The van der Waals surface area contributed by atoms with Crippen molar-refractivity contribution >= 4 is 0 Å². The number of benzene rings is 2. The molecule has 0 aliphatic heterocycles. The van der Waals surface area contributed by atoms with Crippen molar-refractivity contribution in [3.8, 4) is 11.8 Å². The molecule has 114 valence electrons. The summed E-state index contributed by atoms with van der Waals surface area (Å²) >= 11 is 0.